The summed E-state index contributed by atoms with van der Waals surface area (Å²) in [6.45, 7) is 4.69. The number of halogens is 1. The zero-order chi connectivity index (χ0) is 16.1. The molecule has 0 N–H and O–H groups in total. The second kappa shape index (κ2) is 7.79. The van der Waals surface area contributed by atoms with Gasteiger partial charge in [0.05, 0.1) is 0 Å². The number of aromatic nitrogens is 1. The average Bonchev–Trinajstić information content (AvgIpc) is 2.57. The van der Waals surface area contributed by atoms with E-state index in [1.54, 1.807) is 12.1 Å². The Hall–Kier alpha value is -1.59. The third-order valence-electron chi connectivity index (χ3n) is 4.11. The number of rotatable bonds is 5. The predicted molar refractivity (Wildman–Crippen MR) is 95.3 cm³/mol. The van der Waals surface area contributed by atoms with Gasteiger partial charge in [-0.25, -0.2) is 9.37 Å². The summed E-state index contributed by atoms with van der Waals surface area (Å²) in [5.41, 5.74) is 2.31. The molecule has 0 spiro atoms. The smallest absolute Gasteiger partial charge is 0.128 e. The molecule has 1 aromatic heterocycles. The van der Waals surface area contributed by atoms with Crippen LogP contribution in [0, 0.1) is 5.82 Å². The SMILES string of the molecule is CSCc1ccc(N2CCN(Cc3cccc(F)c3)CC2)nc1. The molecule has 0 saturated carbocycles. The van der Waals surface area contributed by atoms with Crippen molar-refractivity contribution in [3.05, 3.63) is 59.5 Å². The molecular weight excluding hydrogens is 309 g/mol. The number of nitrogens with zero attached hydrogens (tertiary/aromatic N) is 3. The summed E-state index contributed by atoms with van der Waals surface area (Å²) in [5, 5.41) is 0. The molecule has 1 aliphatic rings. The van der Waals surface area contributed by atoms with Crippen LogP contribution in [0.5, 0.6) is 0 Å². The first-order valence-electron chi connectivity index (χ1n) is 7.90. The lowest BCUT2D eigenvalue weighted by atomic mass is 10.2. The van der Waals surface area contributed by atoms with E-state index in [0.29, 0.717) is 0 Å². The van der Waals surface area contributed by atoms with E-state index in [9.17, 15) is 4.39 Å². The third-order valence-corrected chi connectivity index (χ3v) is 4.73. The third kappa shape index (κ3) is 4.45. The Labute approximate surface area is 141 Å². The summed E-state index contributed by atoms with van der Waals surface area (Å²) in [6.07, 6.45) is 4.08. The number of hydrogen-bond acceptors (Lipinski definition) is 4. The van der Waals surface area contributed by atoms with Crippen LogP contribution in [-0.4, -0.2) is 42.3 Å². The molecule has 2 aromatic rings. The maximum atomic E-state index is 13.3. The lowest BCUT2D eigenvalue weighted by Gasteiger charge is -2.35. The van der Waals surface area contributed by atoms with Gasteiger partial charge in [-0.15, -0.1) is 0 Å². The van der Waals surface area contributed by atoms with Gasteiger partial charge in [0.15, 0.2) is 0 Å². The van der Waals surface area contributed by atoms with Crippen molar-refractivity contribution < 1.29 is 4.39 Å². The largest absolute Gasteiger partial charge is 0.354 e. The quantitative estimate of drug-likeness (QED) is 0.836. The highest BCUT2D eigenvalue weighted by atomic mass is 32.2. The number of pyridine rings is 1. The molecule has 0 radical (unpaired) electrons. The topological polar surface area (TPSA) is 19.4 Å². The van der Waals surface area contributed by atoms with Crippen molar-refractivity contribution in [2.45, 2.75) is 12.3 Å². The number of hydrogen-bond donors (Lipinski definition) is 0. The van der Waals surface area contributed by atoms with Gasteiger partial charge in [0.2, 0.25) is 0 Å². The average molecular weight is 331 g/mol. The molecule has 0 amide bonds. The monoisotopic (exact) mass is 331 g/mol. The van der Waals surface area contributed by atoms with E-state index in [0.717, 1.165) is 49.9 Å². The van der Waals surface area contributed by atoms with Crippen LogP contribution in [-0.2, 0) is 12.3 Å². The normalized spacial score (nSPS) is 15.8. The van der Waals surface area contributed by atoms with Crippen molar-refractivity contribution in [1.29, 1.82) is 0 Å². The van der Waals surface area contributed by atoms with Crippen LogP contribution >= 0.6 is 11.8 Å². The molecule has 0 bridgehead atoms. The van der Waals surface area contributed by atoms with Crippen LogP contribution in [0.4, 0.5) is 10.2 Å². The predicted octanol–water partition coefficient (Wildman–Crippen LogP) is 3.41. The van der Waals surface area contributed by atoms with Gasteiger partial charge in [0.1, 0.15) is 11.6 Å². The Bertz CT molecular complexity index is 624. The lowest BCUT2D eigenvalue weighted by Crippen LogP contribution is -2.46. The summed E-state index contributed by atoms with van der Waals surface area (Å²) in [5.74, 6) is 1.91. The van der Waals surface area contributed by atoms with E-state index >= 15 is 0 Å². The minimum atomic E-state index is -0.157. The molecule has 1 aliphatic heterocycles. The van der Waals surface area contributed by atoms with E-state index in [2.05, 4.69) is 33.2 Å². The van der Waals surface area contributed by atoms with Crippen molar-refractivity contribution in [2.75, 3.05) is 37.3 Å². The minimum Gasteiger partial charge on any atom is -0.354 e. The van der Waals surface area contributed by atoms with Crippen molar-refractivity contribution in [3.8, 4) is 0 Å². The fourth-order valence-corrected chi connectivity index (χ4v) is 3.39. The van der Waals surface area contributed by atoms with Crippen LogP contribution in [0.25, 0.3) is 0 Å². The maximum Gasteiger partial charge on any atom is 0.128 e. The van der Waals surface area contributed by atoms with E-state index in [1.807, 2.05) is 24.0 Å². The van der Waals surface area contributed by atoms with Crippen molar-refractivity contribution in [2.24, 2.45) is 0 Å². The molecule has 3 rings (SSSR count). The second-order valence-corrected chi connectivity index (χ2v) is 6.72. The Morgan fingerprint density at radius 3 is 2.57 bits per heavy atom. The van der Waals surface area contributed by atoms with Gasteiger partial charge < -0.3 is 4.90 Å². The maximum absolute atomic E-state index is 13.3. The molecular formula is C18H22FN3S. The lowest BCUT2D eigenvalue weighted by molar-refractivity contribution is 0.249. The molecule has 1 fully saturated rings. The Morgan fingerprint density at radius 1 is 1.09 bits per heavy atom. The van der Waals surface area contributed by atoms with Gasteiger partial charge in [-0.2, -0.15) is 11.8 Å². The van der Waals surface area contributed by atoms with Gasteiger partial charge in [0, 0.05) is 44.7 Å². The second-order valence-electron chi connectivity index (χ2n) is 5.85. The standard InChI is InChI=1S/C18H22FN3S/c1-23-14-16-5-6-18(20-12-16)22-9-7-21(8-10-22)13-15-3-2-4-17(19)11-15/h2-6,11-12H,7-10,13-14H2,1H3. The number of benzene rings is 1. The molecule has 1 aromatic carbocycles. The molecule has 0 atom stereocenters. The van der Waals surface area contributed by atoms with Gasteiger partial charge in [-0.1, -0.05) is 18.2 Å². The van der Waals surface area contributed by atoms with Crippen molar-refractivity contribution in [1.82, 2.24) is 9.88 Å². The molecule has 23 heavy (non-hydrogen) atoms. The van der Waals surface area contributed by atoms with Crippen LogP contribution < -0.4 is 4.90 Å². The summed E-state index contributed by atoms with van der Waals surface area (Å²) in [6, 6.07) is 11.2. The minimum absolute atomic E-state index is 0.157. The summed E-state index contributed by atoms with van der Waals surface area (Å²) in [4.78, 5) is 9.28. The van der Waals surface area contributed by atoms with Gasteiger partial charge in [0.25, 0.3) is 0 Å². The van der Waals surface area contributed by atoms with Gasteiger partial charge in [-0.3, -0.25) is 4.90 Å². The summed E-state index contributed by atoms with van der Waals surface area (Å²) >= 11 is 1.81. The zero-order valence-corrected chi connectivity index (χ0v) is 14.2. The fourth-order valence-electron chi connectivity index (χ4n) is 2.88. The molecule has 0 aliphatic carbocycles. The van der Waals surface area contributed by atoms with E-state index in [1.165, 1.54) is 11.6 Å². The Kier molecular flexibility index (Phi) is 5.51. The Morgan fingerprint density at radius 2 is 1.91 bits per heavy atom. The molecule has 0 unspecified atom stereocenters. The Balaban J connectivity index is 1.53. The van der Waals surface area contributed by atoms with Crippen LogP contribution in [0.3, 0.4) is 0 Å². The van der Waals surface area contributed by atoms with E-state index < -0.39 is 0 Å². The van der Waals surface area contributed by atoms with E-state index in [4.69, 9.17) is 0 Å². The highest BCUT2D eigenvalue weighted by Crippen LogP contribution is 2.17. The van der Waals surface area contributed by atoms with Gasteiger partial charge in [-0.05, 0) is 35.6 Å². The fraction of sp³-hybridized carbons (Fsp3) is 0.389. The number of piperazine rings is 1. The van der Waals surface area contributed by atoms with Gasteiger partial charge >= 0.3 is 0 Å². The summed E-state index contributed by atoms with van der Waals surface area (Å²) in [7, 11) is 0. The van der Waals surface area contributed by atoms with Crippen molar-refractivity contribution >= 4 is 17.6 Å². The first kappa shape index (κ1) is 16.3. The molecule has 3 nitrogen and oxygen atoms in total. The first-order chi connectivity index (χ1) is 11.2. The van der Waals surface area contributed by atoms with Crippen molar-refractivity contribution in [3.63, 3.8) is 0 Å². The zero-order valence-electron chi connectivity index (χ0n) is 13.4. The van der Waals surface area contributed by atoms with Crippen LogP contribution in [0.15, 0.2) is 42.6 Å². The first-order valence-corrected chi connectivity index (χ1v) is 9.29. The molecule has 2 heterocycles. The number of anilines is 1. The highest BCUT2D eigenvalue weighted by molar-refractivity contribution is 7.97. The number of thioether (sulfide) groups is 1. The van der Waals surface area contributed by atoms with Crippen LogP contribution in [0.1, 0.15) is 11.1 Å². The molecule has 1 saturated heterocycles. The highest BCUT2D eigenvalue weighted by Gasteiger charge is 2.18. The molecule has 122 valence electrons. The van der Waals surface area contributed by atoms with Crippen LogP contribution in [0.2, 0.25) is 0 Å². The summed E-state index contributed by atoms with van der Waals surface area (Å²) < 4.78 is 13.3. The van der Waals surface area contributed by atoms with E-state index in [-0.39, 0.29) is 5.82 Å². The molecule has 5 heteroatoms.